The first-order valence-electron chi connectivity index (χ1n) is 5.72. The normalized spacial score (nSPS) is 16.8. The lowest BCUT2D eigenvalue weighted by molar-refractivity contribution is 0.383. The molecule has 0 saturated heterocycles. The van der Waals surface area contributed by atoms with Crippen LogP contribution >= 0.6 is 0 Å². The predicted molar refractivity (Wildman–Crippen MR) is 61.8 cm³/mol. The van der Waals surface area contributed by atoms with E-state index in [1.54, 1.807) is 0 Å². The molecule has 0 saturated carbocycles. The maximum Gasteiger partial charge on any atom is -0.0259 e. The first-order chi connectivity index (χ1) is 6.06. The second kappa shape index (κ2) is 7.17. The van der Waals surface area contributed by atoms with Gasteiger partial charge in [-0.05, 0) is 37.0 Å². The minimum Gasteiger partial charge on any atom is -0.0885 e. The zero-order chi connectivity index (χ0) is 10.3. The average molecular weight is 182 g/mol. The van der Waals surface area contributed by atoms with Gasteiger partial charge in [-0.3, -0.25) is 0 Å². The molecule has 0 aliphatic rings. The Kier molecular flexibility index (Phi) is 7.03. The lowest BCUT2D eigenvalue weighted by Gasteiger charge is -2.16. The van der Waals surface area contributed by atoms with E-state index in [2.05, 4.69) is 46.8 Å². The van der Waals surface area contributed by atoms with E-state index in [4.69, 9.17) is 0 Å². The third kappa shape index (κ3) is 8.08. The van der Waals surface area contributed by atoms with Crippen molar-refractivity contribution < 1.29 is 0 Å². The Morgan fingerprint density at radius 3 is 2.08 bits per heavy atom. The van der Waals surface area contributed by atoms with E-state index in [0.717, 1.165) is 17.8 Å². The highest BCUT2D eigenvalue weighted by molar-refractivity contribution is 4.86. The van der Waals surface area contributed by atoms with Gasteiger partial charge in [-0.1, -0.05) is 46.8 Å². The standard InChI is InChI=1S/C13H26/c1-6-7-8-12(4)10-13(5)9-11(2)3/h7-8,11-13H,6,9-10H2,1-5H3/b8-7+/t12-,13+/m0/s1. The molecule has 0 spiro atoms. The molecule has 2 atom stereocenters. The highest BCUT2D eigenvalue weighted by atomic mass is 14.1. The van der Waals surface area contributed by atoms with E-state index in [0.29, 0.717) is 0 Å². The maximum absolute atomic E-state index is 2.37. The SMILES string of the molecule is CC/C=C/[C@H](C)C[C@H](C)CC(C)C. The van der Waals surface area contributed by atoms with Gasteiger partial charge in [-0.2, -0.15) is 0 Å². The Morgan fingerprint density at radius 2 is 1.62 bits per heavy atom. The van der Waals surface area contributed by atoms with E-state index >= 15 is 0 Å². The first kappa shape index (κ1) is 12.7. The lowest BCUT2D eigenvalue weighted by Crippen LogP contribution is -2.04. The molecule has 0 radical (unpaired) electrons. The third-order valence-electron chi connectivity index (χ3n) is 2.35. The van der Waals surface area contributed by atoms with E-state index in [-0.39, 0.29) is 0 Å². The highest BCUT2D eigenvalue weighted by Crippen LogP contribution is 2.20. The van der Waals surface area contributed by atoms with Gasteiger partial charge in [0.25, 0.3) is 0 Å². The molecule has 0 fully saturated rings. The highest BCUT2D eigenvalue weighted by Gasteiger charge is 2.07. The molecule has 0 aromatic heterocycles. The van der Waals surface area contributed by atoms with Crippen LogP contribution in [0.4, 0.5) is 0 Å². The fraction of sp³-hybridized carbons (Fsp3) is 0.846. The summed E-state index contributed by atoms with van der Waals surface area (Å²) in [5.41, 5.74) is 0. The summed E-state index contributed by atoms with van der Waals surface area (Å²) in [5, 5.41) is 0. The fourth-order valence-electron chi connectivity index (χ4n) is 1.98. The summed E-state index contributed by atoms with van der Waals surface area (Å²) in [4.78, 5) is 0. The van der Waals surface area contributed by atoms with Gasteiger partial charge in [-0.15, -0.1) is 0 Å². The van der Waals surface area contributed by atoms with Crippen LogP contribution in [0.1, 0.15) is 53.9 Å². The van der Waals surface area contributed by atoms with Crippen LogP contribution in [0.25, 0.3) is 0 Å². The number of allylic oxidation sites excluding steroid dienone is 2. The molecule has 0 unspecified atom stereocenters. The molecule has 0 aromatic carbocycles. The maximum atomic E-state index is 2.37. The van der Waals surface area contributed by atoms with Gasteiger partial charge < -0.3 is 0 Å². The van der Waals surface area contributed by atoms with Crippen LogP contribution in [-0.2, 0) is 0 Å². The van der Waals surface area contributed by atoms with Gasteiger partial charge in [0, 0.05) is 0 Å². The van der Waals surface area contributed by atoms with Gasteiger partial charge in [0.15, 0.2) is 0 Å². The van der Waals surface area contributed by atoms with Gasteiger partial charge >= 0.3 is 0 Å². The molecule has 0 aliphatic carbocycles. The zero-order valence-electron chi connectivity index (χ0n) is 10.0. The van der Waals surface area contributed by atoms with E-state index < -0.39 is 0 Å². The Balaban J connectivity index is 3.64. The molecule has 0 heterocycles. The Labute approximate surface area is 84.4 Å². The molecule has 78 valence electrons. The average Bonchev–Trinajstić information content (AvgIpc) is 1.98. The zero-order valence-corrected chi connectivity index (χ0v) is 10.0. The van der Waals surface area contributed by atoms with Crippen LogP contribution in [-0.4, -0.2) is 0 Å². The van der Waals surface area contributed by atoms with Crippen LogP contribution in [0.3, 0.4) is 0 Å². The molecule has 0 amide bonds. The molecule has 13 heavy (non-hydrogen) atoms. The Morgan fingerprint density at radius 1 is 1.00 bits per heavy atom. The summed E-state index contributed by atoms with van der Waals surface area (Å²) < 4.78 is 0. The van der Waals surface area contributed by atoms with E-state index in [1.807, 2.05) is 0 Å². The summed E-state index contributed by atoms with van der Waals surface area (Å²) in [7, 11) is 0. The second-order valence-corrected chi connectivity index (χ2v) is 4.78. The molecule has 0 rings (SSSR count). The van der Waals surface area contributed by atoms with Gasteiger partial charge in [0.2, 0.25) is 0 Å². The van der Waals surface area contributed by atoms with Crippen molar-refractivity contribution in [3.05, 3.63) is 12.2 Å². The Hall–Kier alpha value is -0.260. The van der Waals surface area contributed by atoms with Gasteiger partial charge in [0.05, 0.1) is 0 Å². The number of hydrogen-bond donors (Lipinski definition) is 0. The van der Waals surface area contributed by atoms with Crippen molar-refractivity contribution >= 4 is 0 Å². The quantitative estimate of drug-likeness (QED) is 0.524. The molecule has 0 heteroatoms. The minimum absolute atomic E-state index is 0.758. The van der Waals surface area contributed by atoms with Crippen molar-refractivity contribution in [2.75, 3.05) is 0 Å². The number of rotatable bonds is 6. The summed E-state index contributed by atoms with van der Waals surface area (Å²) in [5.74, 6) is 2.47. The van der Waals surface area contributed by atoms with Crippen LogP contribution in [0.2, 0.25) is 0 Å². The van der Waals surface area contributed by atoms with Crippen molar-refractivity contribution in [1.82, 2.24) is 0 Å². The van der Waals surface area contributed by atoms with E-state index in [9.17, 15) is 0 Å². The van der Waals surface area contributed by atoms with Crippen LogP contribution in [0, 0.1) is 17.8 Å². The molecule has 0 aromatic rings. The van der Waals surface area contributed by atoms with Crippen molar-refractivity contribution in [2.45, 2.75) is 53.9 Å². The van der Waals surface area contributed by atoms with Crippen LogP contribution in [0.15, 0.2) is 12.2 Å². The summed E-state index contributed by atoms with van der Waals surface area (Å²) in [6.07, 6.45) is 8.52. The topological polar surface area (TPSA) is 0 Å². The second-order valence-electron chi connectivity index (χ2n) is 4.78. The summed E-state index contributed by atoms with van der Waals surface area (Å²) >= 11 is 0. The fourth-order valence-corrected chi connectivity index (χ4v) is 1.98. The third-order valence-corrected chi connectivity index (χ3v) is 2.35. The lowest BCUT2D eigenvalue weighted by atomic mass is 9.90. The molecule has 0 nitrogen and oxygen atoms in total. The smallest absolute Gasteiger partial charge is 0.0259 e. The molecular weight excluding hydrogens is 156 g/mol. The van der Waals surface area contributed by atoms with Gasteiger partial charge in [0.1, 0.15) is 0 Å². The Bertz CT molecular complexity index is 133. The summed E-state index contributed by atoms with van der Waals surface area (Å²) in [6, 6.07) is 0. The van der Waals surface area contributed by atoms with E-state index in [1.165, 1.54) is 19.3 Å². The van der Waals surface area contributed by atoms with Crippen LogP contribution < -0.4 is 0 Å². The first-order valence-corrected chi connectivity index (χ1v) is 5.72. The molecule has 0 N–H and O–H groups in total. The molecule has 0 bridgehead atoms. The number of hydrogen-bond acceptors (Lipinski definition) is 0. The monoisotopic (exact) mass is 182 g/mol. The minimum atomic E-state index is 0.758. The largest absolute Gasteiger partial charge is 0.0885 e. The summed E-state index contributed by atoms with van der Waals surface area (Å²) in [6.45, 7) is 11.5. The molecule has 0 aliphatic heterocycles. The molecular formula is C13H26. The van der Waals surface area contributed by atoms with Crippen molar-refractivity contribution in [1.29, 1.82) is 0 Å². The van der Waals surface area contributed by atoms with Crippen LogP contribution in [0.5, 0.6) is 0 Å². The van der Waals surface area contributed by atoms with Crippen molar-refractivity contribution in [3.63, 3.8) is 0 Å². The van der Waals surface area contributed by atoms with Gasteiger partial charge in [-0.25, -0.2) is 0 Å². The van der Waals surface area contributed by atoms with Crippen molar-refractivity contribution in [3.8, 4) is 0 Å². The predicted octanol–water partition coefficient (Wildman–Crippen LogP) is 4.66. The van der Waals surface area contributed by atoms with Crippen molar-refractivity contribution in [2.24, 2.45) is 17.8 Å².